The molecule has 3 aromatic rings. The summed E-state index contributed by atoms with van der Waals surface area (Å²) >= 11 is 0.970. The zero-order valence-corrected chi connectivity index (χ0v) is 38.1. The molecule has 2 unspecified atom stereocenters. The summed E-state index contributed by atoms with van der Waals surface area (Å²) < 4.78 is 0. The van der Waals surface area contributed by atoms with Gasteiger partial charge in [-0.05, 0) is 42.5 Å². The van der Waals surface area contributed by atoms with Crippen molar-refractivity contribution in [2.75, 3.05) is 78.5 Å². The van der Waals surface area contributed by atoms with Crippen LogP contribution in [0.1, 0.15) is 45.2 Å². The summed E-state index contributed by atoms with van der Waals surface area (Å²) in [5, 5.41) is 61.5. The van der Waals surface area contributed by atoms with E-state index in [0.717, 1.165) is 27.7 Å². The van der Waals surface area contributed by atoms with Crippen molar-refractivity contribution in [3.63, 3.8) is 0 Å². The first kappa shape index (κ1) is 53.5. The number of rotatable bonds is 23. The van der Waals surface area contributed by atoms with Crippen LogP contribution in [0.5, 0.6) is 0 Å². The number of carboxylic acids is 5. The van der Waals surface area contributed by atoms with Crippen LogP contribution in [0.2, 0.25) is 0 Å². The van der Waals surface area contributed by atoms with Crippen LogP contribution in [0.3, 0.4) is 0 Å². The minimum absolute atomic E-state index is 0.0178. The molecule has 25 heteroatoms. The van der Waals surface area contributed by atoms with Gasteiger partial charge in [-0.15, -0.1) is 11.3 Å². The van der Waals surface area contributed by atoms with Crippen LogP contribution in [0.4, 0.5) is 4.79 Å². The summed E-state index contributed by atoms with van der Waals surface area (Å²) in [6, 6.07) is 9.89. The van der Waals surface area contributed by atoms with E-state index in [-0.39, 0.29) is 102 Å². The van der Waals surface area contributed by atoms with E-state index in [4.69, 9.17) is 5.11 Å². The number of aliphatic carboxylic acids is 5. The number of hydrogen-bond acceptors (Lipinski definition) is 15. The molecule has 4 rings (SSSR count). The Bertz CT molecular complexity index is 2340. The lowest BCUT2D eigenvalue weighted by Crippen LogP contribution is -2.48. The first-order chi connectivity index (χ1) is 32.4. The molecule has 1 aliphatic heterocycles. The van der Waals surface area contributed by atoms with Gasteiger partial charge in [0.05, 0.1) is 38.4 Å². The molecule has 68 heavy (non-hydrogen) atoms. The van der Waals surface area contributed by atoms with E-state index >= 15 is 0 Å². The monoisotopic (exact) mass is 968 g/mol. The summed E-state index contributed by atoms with van der Waals surface area (Å²) in [4.78, 5) is 124. The molecule has 0 saturated heterocycles. The van der Waals surface area contributed by atoms with Crippen molar-refractivity contribution in [2.24, 2.45) is 4.99 Å². The number of aryl methyl sites for hydroxylation is 1. The highest BCUT2D eigenvalue weighted by molar-refractivity contribution is 7.13. The summed E-state index contributed by atoms with van der Waals surface area (Å²) in [5.41, 5.74) is 0.994. The van der Waals surface area contributed by atoms with E-state index in [2.05, 4.69) is 31.2 Å². The highest BCUT2D eigenvalue weighted by Gasteiger charge is 2.27. The number of amides is 5. The lowest BCUT2D eigenvalue weighted by Gasteiger charge is -2.29. The number of unbranched alkanes of at least 4 members (excludes halogenated alkanes) is 1. The van der Waals surface area contributed by atoms with Crippen molar-refractivity contribution in [3.8, 4) is 0 Å². The normalized spacial score (nSPS) is 15.0. The Balaban J connectivity index is 1.45. The summed E-state index contributed by atoms with van der Waals surface area (Å²) in [6.07, 6.45) is 0.624. The van der Waals surface area contributed by atoms with Crippen molar-refractivity contribution in [1.82, 2.24) is 46.3 Å². The van der Waals surface area contributed by atoms with Crippen LogP contribution in [-0.4, -0.2) is 195 Å². The van der Waals surface area contributed by atoms with Gasteiger partial charge >= 0.3 is 35.9 Å². The fourth-order valence-corrected chi connectivity index (χ4v) is 7.99. The van der Waals surface area contributed by atoms with Gasteiger partial charge in [0, 0.05) is 52.2 Å². The minimum Gasteiger partial charge on any atom is -0.480 e. The summed E-state index contributed by atoms with van der Waals surface area (Å²) in [7, 11) is 0. The van der Waals surface area contributed by atoms with E-state index in [1.165, 1.54) is 4.90 Å². The number of thiazole rings is 1. The van der Waals surface area contributed by atoms with Crippen molar-refractivity contribution in [2.45, 2.75) is 51.2 Å². The number of aromatic nitrogens is 1. The zero-order valence-electron chi connectivity index (χ0n) is 37.3. The standard InChI is InChI=1S/C43H56N10O14S/c1-26-38(68-33(48-26)20-46-40(63)32-22-53(25-37(60)61)17-16-52(24-36(58)59)15-14-51(13-12-44-32)23-35(56)57)41(64)49-31(19-27-9-10-28-6-2-3-7-29(28)18-27)39(62)45-11-5-4-8-30(42(65)66)50-43(67)47-21-34(54)55/h2-3,6-7,9-10,18,30-31H,4-5,8,11-17,19-25H2,1H3,(H,45,62)(H,46,63)(H,49,64)(H,54,55)(H,56,57)(H,58,59)(H,60,61)(H,65,66)(H2,47,50,67). The van der Waals surface area contributed by atoms with Crippen molar-refractivity contribution >= 4 is 81.4 Å². The fourth-order valence-electron chi connectivity index (χ4n) is 7.09. The topological polar surface area (TPSA) is 350 Å². The van der Waals surface area contributed by atoms with Gasteiger partial charge in [0.15, 0.2) is 0 Å². The average Bonchev–Trinajstić information content (AvgIpc) is 3.65. The van der Waals surface area contributed by atoms with Gasteiger partial charge in [0.1, 0.15) is 34.2 Å². The van der Waals surface area contributed by atoms with Gasteiger partial charge < -0.3 is 52.1 Å². The first-order valence-electron chi connectivity index (χ1n) is 21.5. The number of carboxylic acid groups (broad SMARTS) is 5. The molecule has 2 heterocycles. The molecule has 368 valence electrons. The second-order valence-corrected chi connectivity index (χ2v) is 16.9. The highest BCUT2D eigenvalue weighted by atomic mass is 32.1. The first-order valence-corrected chi connectivity index (χ1v) is 22.3. The van der Waals surface area contributed by atoms with E-state index in [9.17, 15) is 63.6 Å². The zero-order chi connectivity index (χ0) is 49.8. The molecular weight excluding hydrogens is 913 g/mol. The molecule has 0 aliphatic carbocycles. The third kappa shape index (κ3) is 18.7. The predicted octanol–water partition coefficient (Wildman–Crippen LogP) is -0.700. The number of carbonyl (C=O) groups excluding carboxylic acids is 4. The SMILES string of the molecule is Cc1nc(CNC(=O)C2=NCCN(CC(=O)O)CCN(CC(=O)O)CCN(CC(=O)O)C2)sc1C(=O)NC(Cc1ccc2ccccc2c1)C(=O)NCCCCC(NC(=O)NCC(=O)O)C(=O)O. The van der Waals surface area contributed by atoms with Crippen LogP contribution >= 0.6 is 11.3 Å². The Morgan fingerprint density at radius 3 is 1.97 bits per heavy atom. The number of benzene rings is 2. The fraction of sp³-hybridized carbons (Fsp3) is 0.465. The Kier molecular flexibility index (Phi) is 21.2. The molecule has 0 bridgehead atoms. The van der Waals surface area contributed by atoms with Crippen LogP contribution in [0.15, 0.2) is 47.5 Å². The van der Waals surface area contributed by atoms with Gasteiger partial charge in [0.25, 0.3) is 11.8 Å². The van der Waals surface area contributed by atoms with Gasteiger partial charge in [-0.2, -0.15) is 0 Å². The van der Waals surface area contributed by atoms with Crippen LogP contribution < -0.4 is 26.6 Å². The number of fused-ring (bicyclic) bond motifs is 1. The van der Waals surface area contributed by atoms with E-state index in [1.54, 1.807) is 16.7 Å². The molecule has 2 aromatic carbocycles. The van der Waals surface area contributed by atoms with Crippen LogP contribution in [-0.2, 0) is 46.5 Å². The number of carbonyl (C=O) groups is 9. The maximum Gasteiger partial charge on any atom is 0.326 e. The number of nitrogens with one attached hydrogen (secondary N) is 5. The quantitative estimate of drug-likeness (QED) is 0.0525. The van der Waals surface area contributed by atoms with Crippen LogP contribution in [0.25, 0.3) is 10.8 Å². The number of urea groups is 1. The van der Waals surface area contributed by atoms with Gasteiger partial charge in [-0.1, -0.05) is 42.5 Å². The number of hydrogen-bond donors (Lipinski definition) is 10. The molecule has 5 amide bonds. The molecule has 1 aliphatic rings. The number of nitrogens with zero attached hydrogens (tertiary/aromatic N) is 5. The average molecular weight is 969 g/mol. The Morgan fingerprint density at radius 2 is 1.32 bits per heavy atom. The molecule has 1 aromatic heterocycles. The van der Waals surface area contributed by atoms with Crippen molar-refractivity contribution in [3.05, 3.63) is 63.6 Å². The van der Waals surface area contributed by atoms with E-state index in [0.29, 0.717) is 17.1 Å². The van der Waals surface area contributed by atoms with Crippen molar-refractivity contribution < 1.29 is 68.7 Å². The highest BCUT2D eigenvalue weighted by Crippen LogP contribution is 2.20. The third-order valence-electron chi connectivity index (χ3n) is 10.4. The minimum atomic E-state index is -1.33. The Morgan fingerprint density at radius 1 is 0.691 bits per heavy atom. The molecule has 10 N–H and O–H groups in total. The summed E-state index contributed by atoms with van der Waals surface area (Å²) in [6.45, 7) is 0.0273. The lowest BCUT2D eigenvalue weighted by atomic mass is 10.0. The molecule has 0 spiro atoms. The Labute approximate surface area is 393 Å². The molecule has 2 atom stereocenters. The Hall–Kier alpha value is -7.09. The lowest BCUT2D eigenvalue weighted by molar-refractivity contribution is -0.140. The molecule has 0 saturated carbocycles. The van der Waals surface area contributed by atoms with Crippen molar-refractivity contribution in [1.29, 1.82) is 0 Å². The third-order valence-corrected chi connectivity index (χ3v) is 11.6. The van der Waals surface area contributed by atoms with E-state index in [1.807, 2.05) is 47.8 Å². The largest absolute Gasteiger partial charge is 0.480 e. The van der Waals surface area contributed by atoms with E-state index < -0.39 is 78.8 Å². The summed E-state index contributed by atoms with van der Waals surface area (Å²) in [5.74, 6) is -7.86. The van der Waals surface area contributed by atoms with Crippen LogP contribution in [0, 0.1) is 6.92 Å². The molecule has 0 radical (unpaired) electrons. The van der Waals surface area contributed by atoms with Gasteiger partial charge in [0.2, 0.25) is 5.91 Å². The molecule has 24 nitrogen and oxygen atoms in total. The second kappa shape index (κ2) is 26.9. The predicted molar refractivity (Wildman–Crippen MR) is 245 cm³/mol. The van der Waals surface area contributed by atoms with Gasteiger partial charge in [-0.3, -0.25) is 53.3 Å². The van der Waals surface area contributed by atoms with Gasteiger partial charge in [-0.25, -0.2) is 14.6 Å². The number of aliphatic imine (C=N–C) groups is 1. The maximum absolute atomic E-state index is 13.9. The smallest absolute Gasteiger partial charge is 0.326 e. The maximum atomic E-state index is 13.9. The molecule has 0 fully saturated rings. The molecular formula is C43H56N10O14S. The second-order valence-electron chi connectivity index (χ2n) is 15.8.